The average Bonchev–Trinajstić information content (AvgIpc) is 2.74. The summed E-state index contributed by atoms with van der Waals surface area (Å²) in [5.74, 6) is 1.41. The largest absolute Gasteiger partial charge is 0.490 e. The molecule has 0 aromatic heterocycles. The highest BCUT2D eigenvalue weighted by atomic mass is 19.1. The predicted molar refractivity (Wildman–Crippen MR) is 80.5 cm³/mol. The van der Waals surface area contributed by atoms with Crippen LogP contribution in [0.3, 0.4) is 0 Å². The number of nitrogens with one attached hydrogen (secondary N) is 1. The Labute approximate surface area is 123 Å². The average molecular weight is 287 g/mol. The van der Waals surface area contributed by atoms with Crippen molar-refractivity contribution >= 4 is 5.69 Å². The van der Waals surface area contributed by atoms with E-state index in [0.717, 1.165) is 29.2 Å². The van der Waals surface area contributed by atoms with Gasteiger partial charge in [-0.2, -0.15) is 0 Å². The van der Waals surface area contributed by atoms with Gasteiger partial charge in [0, 0.05) is 24.2 Å². The van der Waals surface area contributed by atoms with E-state index < -0.39 is 0 Å². The van der Waals surface area contributed by atoms with Gasteiger partial charge in [0.2, 0.25) is 0 Å². The lowest BCUT2D eigenvalue weighted by molar-refractivity contribution is 0.296. The second kappa shape index (κ2) is 6.04. The summed E-state index contributed by atoms with van der Waals surface area (Å²) >= 11 is 0. The minimum atomic E-state index is -0.189. The van der Waals surface area contributed by atoms with Gasteiger partial charge in [0.15, 0.2) is 11.5 Å². The second-order valence-corrected chi connectivity index (χ2v) is 5.11. The molecule has 0 radical (unpaired) electrons. The third-order valence-electron chi connectivity index (χ3n) is 3.49. The maximum absolute atomic E-state index is 13.3. The summed E-state index contributed by atoms with van der Waals surface area (Å²) in [6.07, 6.45) is 0.888. The molecule has 1 N–H and O–H groups in total. The molecule has 1 aliphatic rings. The van der Waals surface area contributed by atoms with Crippen LogP contribution in [0.5, 0.6) is 11.5 Å². The van der Waals surface area contributed by atoms with Gasteiger partial charge in [-0.3, -0.25) is 0 Å². The van der Waals surface area contributed by atoms with Crippen LogP contribution in [0.4, 0.5) is 10.1 Å². The molecule has 2 aromatic rings. The van der Waals surface area contributed by atoms with E-state index in [1.54, 1.807) is 19.1 Å². The minimum Gasteiger partial charge on any atom is -0.490 e. The van der Waals surface area contributed by atoms with Crippen molar-refractivity contribution in [2.75, 3.05) is 18.5 Å². The Morgan fingerprint density at radius 1 is 1.14 bits per heavy atom. The summed E-state index contributed by atoms with van der Waals surface area (Å²) in [5, 5.41) is 3.30. The number of para-hydroxylation sites is 1. The number of benzene rings is 2. The Balaban J connectivity index is 1.77. The second-order valence-electron chi connectivity index (χ2n) is 5.11. The molecule has 0 aliphatic carbocycles. The van der Waals surface area contributed by atoms with Crippen molar-refractivity contribution in [3.8, 4) is 11.5 Å². The third-order valence-corrected chi connectivity index (χ3v) is 3.49. The number of ether oxygens (including phenoxy) is 2. The molecule has 0 spiro atoms. The molecule has 0 amide bonds. The summed E-state index contributed by atoms with van der Waals surface area (Å²) in [4.78, 5) is 0. The van der Waals surface area contributed by atoms with E-state index in [1.165, 1.54) is 6.07 Å². The first-order valence-electron chi connectivity index (χ1n) is 7.11. The van der Waals surface area contributed by atoms with Crippen molar-refractivity contribution < 1.29 is 13.9 Å². The maximum Gasteiger partial charge on any atom is 0.166 e. The van der Waals surface area contributed by atoms with Gasteiger partial charge in [-0.15, -0.1) is 0 Å². The number of halogens is 1. The standard InChI is InChI=1S/C17H18FNO2/c1-12-10-14(6-7-15(12)18)19-11-13-4-2-5-16-17(13)21-9-3-8-20-16/h2,4-7,10,19H,3,8-9,11H2,1H3. The highest BCUT2D eigenvalue weighted by molar-refractivity contribution is 5.51. The van der Waals surface area contributed by atoms with E-state index in [2.05, 4.69) is 5.32 Å². The predicted octanol–water partition coefficient (Wildman–Crippen LogP) is 3.91. The van der Waals surface area contributed by atoms with Gasteiger partial charge < -0.3 is 14.8 Å². The lowest BCUT2D eigenvalue weighted by Crippen LogP contribution is -2.04. The molecule has 0 fully saturated rings. The van der Waals surface area contributed by atoms with Crippen LogP contribution in [0.1, 0.15) is 17.5 Å². The van der Waals surface area contributed by atoms with Crippen LogP contribution in [0, 0.1) is 12.7 Å². The van der Waals surface area contributed by atoms with Crippen LogP contribution in [-0.4, -0.2) is 13.2 Å². The highest BCUT2D eigenvalue weighted by Crippen LogP contribution is 2.33. The van der Waals surface area contributed by atoms with Gasteiger partial charge >= 0.3 is 0 Å². The van der Waals surface area contributed by atoms with E-state index >= 15 is 0 Å². The molecule has 1 heterocycles. The molecule has 21 heavy (non-hydrogen) atoms. The number of rotatable bonds is 3. The third kappa shape index (κ3) is 3.10. The van der Waals surface area contributed by atoms with E-state index in [4.69, 9.17) is 9.47 Å². The summed E-state index contributed by atoms with van der Waals surface area (Å²) in [6.45, 7) is 3.71. The number of fused-ring (bicyclic) bond motifs is 1. The van der Waals surface area contributed by atoms with Crippen LogP contribution < -0.4 is 14.8 Å². The lowest BCUT2D eigenvalue weighted by atomic mass is 10.1. The minimum absolute atomic E-state index is 0.189. The molecule has 4 heteroatoms. The SMILES string of the molecule is Cc1cc(NCc2cccc3c2OCCCO3)ccc1F. The summed E-state index contributed by atoms with van der Waals surface area (Å²) in [5.41, 5.74) is 2.56. The van der Waals surface area contributed by atoms with E-state index in [9.17, 15) is 4.39 Å². The van der Waals surface area contributed by atoms with E-state index in [0.29, 0.717) is 25.3 Å². The number of hydrogen-bond donors (Lipinski definition) is 1. The van der Waals surface area contributed by atoms with Gasteiger partial charge in [-0.1, -0.05) is 12.1 Å². The summed E-state index contributed by atoms with van der Waals surface area (Å²) in [7, 11) is 0. The zero-order valence-corrected chi connectivity index (χ0v) is 12.0. The Morgan fingerprint density at radius 2 is 2.00 bits per heavy atom. The molecule has 2 aromatic carbocycles. The zero-order valence-electron chi connectivity index (χ0n) is 12.0. The Morgan fingerprint density at radius 3 is 2.86 bits per heavy atom. The number of hydrogen-bond acceptors (Lipinski definition) is 3. The maximum atomic E-state index is 13.3. The Hall–Kier alpha value is -2.23. The fourth-order valence-electron chi connectivity index (χ4n) is 2.35. The molecule has 110 valence electrons. The van der Waals surface area contributed by atoms with Crippen molar-refractivity contribution in [1.29, 1.82) is 0 Å². The van der Waals surface area contributed by atoms with Crippen LogP contribution in [0.15, 0.2) is 36.4 Å². The fraction of sp³-hybridized carbons (Fsp3) is 0.294. The van der Waals surface area contributed by atoms with Crippen molar-refractivity contribution in [3.63, 3.8) is 0 Å². The van der Waals surface area contributed by atoms with Crippen molar-refractivity contribution in [2.24, 2.45) is 0 Å². The number of aryl methyl sites for hydroxylation is 1. The molecule has 0 saturated heterocycles. The van der Waals surface area contributed by atoms with E-state index in [1.807, 2.05) is 18.2 Å². The Bertz CT molecular complexity index is 643. The van der Waals surface area contributed by atoms with Gasteiger partial charge in [0.05, 0.1) is 13.2 Å². The zero-order chi connectivity index (χ0) is 14.7. The van der Waals surface area contributed by atoms with Crippen molar-refractivity contribution in [3.05, 3.63) is 53.3 Å². The van der Waals surface area contributed by atoms with E-state index in [-0.39, 0.29) is 5.82 Å². The monoisotopic (exact) mass is 287 g/mol. The molecular formula is C17H18FNO2. The molecule has 0 atom stereocenters. The smallest absolute Gasteiger partial charge is 0.166 e. The van der Waals surface area contributed by atoms with Crippen molar-refractivity contribution in [1.82, 2.24) is 0 Å². The molecule has 0 unspecified atom stereocenters. The molecule has 3 nitrogen and oxygen atoms in total. The first kappa shape index (κ1) is 13.7. The summed E-state index contributed by atoms with van der Waals surface area (Å²) in [6, 6.07) is 10.9. The van der Waals surface area contributed by atoms with Crippen LogP contribution in [-0.2, 0) is 6.54 Å². The lowest BCUT2D eigenvalue weighted by Gasteiger charge is -2.14. The first-order valence-corrected chi connectivity index (χ1v) is 7.11. The van der Waals surface area contributed by atoms with Gasteiger partial charge in [-0.05, 0) is 36.8 Å². The topological polar surface area (TPSA) is 30.5 Å². The summed E-state index contributed by atoms with van der Waals surface area (Å²) < 4.78 is 24.7. The molecule has 0 saturated carbocycles. The molecule has 3 rings (SSSR count). The molecule has 0 bridgehead atoms. The normalized spacial score (nSPS) is 13.6. The number of anilines is 1. The fourth-order valence-corrected chi connectivity index (χ4v) is 2.35. The molecule has 1 aliphatic heterocycles. The van der Waals surface area contributed by atoms with Crippen molar-refractivity contribution in [2.45, 2.75) is 19.9 Å². The highest BCUT2D eigenvalue weighted by Gasteiger charge is 2.14. The van der Waals surface area contributed by atoms with Crippen LogP contribution >= 0.6 is 0 Å². The Kier molecular flexibility index (Phi) is 3.95. The van der Waals surface area contributed by atoms with Crippen LogP contribution in [0.25, 0.3) is 0 Å². The van der Waals surface area contributed by atoms with Gasteiger partial charge in [0.25, 0.3) is 0 Å². The van der Waals surface area contributed by atoms with Crippen LogP contribution in [0.2, 0.25) is 0 Å². The van der Waals surface area contributed by atoms with Gasteiger partial charge in [-0.25, -0.2) is 4.39 Å². The van der Waals surface area contributed by atoms with Gasteiger partial charge in [0.1, 0.15) is 5.82 Å². The quantitative estimate of drug-likeness (QED) is 0.928. The molecular weight excluding hydrogens is 269 g/mol. The first-order chi connectivity index (χ1) is 10.2.